The van der Waals surface area contributed by atoms with Gasteiger partial charge in [0, 0.05) is 0 Å². The van der Waals surface area contributed by atoms with E-state index in [9.17, 15) is 0 Å². The lowest BCUT2D eigenvalue weighted by Crippen LogP contribution is -2.02. The molecule has 3 nitrogen and oxygen atoms in total. The fourth-order valence-corrected chi connectivity index (χ4v) is 1.01. The normalized spacial score (nSPS) is 9.83. The van der Waals surface area contributed by atoms with Gasteiger partial charge >= 0.3 is 0 Å². The maximum absolute atomic E-state index is 5.72. The van der Waals surface area contributed by atoms with Gasteiger partial charge in [0.1, 0.15) is 5.75 Å². The Kier molecular flexibility index (Phi) is 2.43. The van der Waals surface area contributed by atoms with Crippen LogP contribution < -0.4 is 16.2 Å². The first-order valence-electron chi connectivity index (χ1n) is 3.94. The first-order chi connectivity index (χ1) is 5.66. The molecule has 0 bridgehead atoms. The second kappa shape index (κ2) is 3.34. The second-order valence-corrected chi connectivity index (χ2v) is 2.64. The van der Waals surface area contributed by atoms with Crippen LogP contribution in [0, 0.1) is 6.92 Å². The van der Waals surface area contributed by atoms with Crippen molar-refractivity contribution in [2.75, 3.05) is 18.1 Å². The van der Waals surface area contributed by atoms with Crippen LogP contribution in [-0.4, -0.2) is 6.61 Å². The van der Waals surface area contributed by atoms with E-state index in [1.165, 1.54) is 0 Å². The summed E-state index contributed by atoms with van der Waals surface area (Å²) < 4.78 is 5.27. The van der Waals surface area contributed by atoms with Crippen molar-refractivity contribution in [3.8, 4) is 5.75 Å². The SMILES string of the molecule is CCOc1ccc(C)c(N)c1N. The average molecular weight is 166 g/mol. The molecule has 0 aromatic heterocycles. The van der Waals surface area contributed by atoms with Crippen molar-refractivity contribution in [1.29, 1.82) is 0 Å². The van der Waals surface area contributed by atoms with Crippen LogP contribution in [0.4, 0.5) is 11.4 Å². The fraction of sp³-hybridized carbons (Fsp3) is 0.333. The van der Waals surface area contributed by atoms with Crippen LogP contribution in [0.25, 0.3) is 0 Å². The zero-order valence-electron chi connectivity index (χ0n) is 7.42. The summed E-state index contributed by atoms with van der Waals surface area (Å²) in [5.41, 5.74) is 13.6. The van der Waals surface area contributed by atoms with E-state index >= 15 is 0 Å². The standard InChI is InChI=1S/C9H14N2O/c1-3-12-7-5-4-6(2)8(10)9(7)11/h4-5H,3,10-11H2,1-2H3. The van der Waals surface area contributed by atoms with E-state index < -0.39 is 0 Å². The summed E-state index contributed by atoms with van der Waals surface area (Å²) in [5.74, 6) is 0.667. The fourth-order valence-electron chi connectivity index (χ4n) is 1.01. The van der Waals surface area contributed by atoms with Gasteiger partial charge in [-0.2, -0.15) is 0 Å². The van der Waals surface area contributed by atoms with E-state index in [0.29, 0.717) is 23.7 Å². The first kappa shape index (κ1) is 8.71. The molecule has 0 spiro atoms. The first-order valence-corrected chi connectivity index (χ1v) is 3.94. The summed E-state index contributed by atoms with van der Waals surface area (Å²) in [6.07, 6.45) is 0. The minimum absolute atomic E-state index is 0.539. The van der Waals surface area contributed by atoms with Gasteiger partial charge in [-0.25, -0.2) is 0 Å². The molecular weight excluding hydrogens is 152 g/mol. The van der Waals surface area contributed by atoms with E-state index in [-0.39, 0.29) is 0 Å². The molecule has 0 atom stereocenters. The van der Waals surface area contributed by atoms with Crippen molar-refractivity contribution in [3.63, 3.8) is 0 Å². The van der Waals surface area contributed by atoms with Crippen LogP contribution in [0.5, 0.6) is 5.75 Å². The van der Waals surface area contributed by atoms with Gasteiger partial charge in [0.05, 0.1) is 18.0 Å². The summed E-state index contributed by atoms with van der Waals surface area (Å²) in [7, 11) is 0. The zero-order chi connectivity index (χ0) is 9.14. The zero-order valence-corrected chi connectivity index (χ0v) is 7.42. The van der Waals surface area contributed by atoms with Gasteiger partial charge in [0.15, 0.2) is 0 Å². The average Bonchev–Trinajstić information content (AvgIpc) is 2.07. The van der Waals surface area contributed by atoms with E-state index in [0.717, 1.165) is 5.56 Å². The van der Waals surface area contributed by atoms with Crippen molar-refractivity contribution in [2.24, 2.45) is 0 Å². The molecule has 0 aliphatic rings. The molecule has 0 radical (unpaired) electrons. The van der Waals surface area contributed by atoms with Crippen molar-refractivity contribution in [3.05, 3.63) is 17.7 Å². The van der Waals surface area contributed by atoms with Gasteiger partial charge in [-0.05, 0) is 25.5 Å². The topological polar surface area (TPSA) is 61.3 Å². The Morgan fingerprint density at radius 1 is 1.25 bits per heavy atom. The summed E-state index contributed by atoms with van der Waals surface area (Å²) >= 11 is 0. The van der Waals surface area contributed by atoms with Crippen LogP contribution in [0.1, 0.15) is 12.5 Å². The highest BCUT2D eigenvalue weighted by molar-refractivity contribution is 5.73. The third kappa shape index (κ3) is 1.44. The molecule has 4 N–H and O–H groups in total. The molecule has 0 aliphatic heterocycles. The number of rotatable bonds is 2. The van der Waals surface area contributed by atoms with Crippen molar-refractivity contribution >= 4 is 11.4 Å². The molecule has 0 saturated heterocycles. The molecule has 3 heteroatoms. The minimum Gasteiger partial charge on any atom is -0.492 e. The number of anilines is 2. The Morgan fingerprint density at radius 2 is 1.92 bits per heavy atom. The highest BCUT2D eigenvalue weighted by atomic mass is 16.5. The number of aryl methyl sites for hydroxylation is 1. The quantitative estimate of drug-likeness (QED) is 0.655. The van der Waals surface area contributed by atoms with Gasteiger partial charge in [0.25, 0.3) is 0 Å². The van der Waals surface area contributed by atoms with E-state index in [1.807, 2.05) is 26.0 Å². The van der Waals surface area contributed by atoms with Crippen molar-refractivity contribution in [1.82, 2.24) is 0 Å². The molecule has 0 heterocycles. The van der Waals surface area contributed by atoms with Gasteiger partial charge < -0.3 is 16.2 Å². The maximum atomic E-state index is 5.72. The molecule has 1 rings (SSSR count). The number of hydrogen-bond donors (Lipinski definition) is 2. The van der Waals surface area contributed by atoms with E-state index in [4.69, 9.17) is 16.2 Å². The molecular formula is C9H14N2O. The lowest BCUT2D eigenvalue weighted by Gasteiger charge is -2.10. The Hall–Kier alpha value is -1.38. The Balaban J connectivity index is 3.08. The molecule has 0 saturated carbocycles. The highest BCUT2D eigenvalue weighted by Gasteiger charge is 2.04. The van der Waals surface area contributed by atoms with Gasteiger partial charge in [-0.1, -0.05) is 6.07 Å². The van der Waals surface area contributed by atoms with Gasteiger partial charge in [-0.15, -0.1) is 0 Å². The molecule has 12 heavy (non-hydrogen) atoms. The van der Waals surface area contributed by atoms with E-state index in [2.05, 4.69) is 0 Å². The number of nitrogens with two attached hydrogens (primary N) is 2. The summed E-state index contributed by atoms with van der Waals surface area (Å²) in [5, 5.41) is 0. The highest BCUT2D eigenvalue weighted by Crippen LogP contribution is 2.29. The Morgan fingerprint density at radius 3 is 2.50 bits per heavy atom. The third-order valence-electron chi connectivity index (χ3n) is 1.77. The van der Waals surface area contributed by atoms with Crippen molar-refractivity contribution in [2.45, 2.75) is 13.8 Å². The molecule has 0 aliphatic carbocycles. The van der Waals surface area contributed by atoms with Crippen molar-refractivity contribution < 1.29 is 4.74 Å². The van der Waals surface area contributed by atoms with Crippen LogP contribution in [0.3, 0.4) is 0 Å². The van der Waals surface area contributed by atoms with Crippen LogP contribution in [-0.2, 0) is 0 Å². The Labute approximate surface area is 72.3 Å². The van der Waals surface area contributed by atoms with Gasteiger partial charge in [0.2, 0.25) is 0 Å². The number of benzene rings is 1. The smallest absolute Gasteiger partial charge is 0.144 e. The second-order valence-electron chi connectivity index (χ2n) is 2.64. The van der Waals surface area contributed by atoms with E-state index in [1.54, 1.807) is 0 Å². The number of hydrogen-bond acceptors (Lipinski definition) is 3. The predicted molar refractivity (Wildman–Crippen MR) is 51.2 cm³/mol. The minimum atomic E-state index is 0.539. The molecule has 1 aromatic rings. The molecule has 0 unspecified atom stereocenters. The van der Waals surface area contributed by atoms with Crippen LogP contribution in [0.2, 0.25) is 0 Å². The number of ether oxygens (including phenoxy) is 1. The lowest BCUT2D eigenvalue weighted by molar-refractivity contribution is 0.342. The van der Waals surface area contributed by atoms with Gasteiger partial charge in [-0.3, -0.25) is 0 Å². The monoisotopic (exact) mass is 166 g/mol. The third-order valence-corrected chi connectivity index (χ3v) is 1.77. The van der Waals surface area contributed by atoms with Crippen LogP contribution in [0.15, 0.2) is 12.1 Å². The number of nitrogen functional groups attached to an aromatic ring is 2. The summed E-state index contributed by atoms with van der Waals surface area (Å²) in [6, 6.07) is 3.74. The lowest BCUT2D eigenvalue weighted by atomic mass is 10.1. The summed E-state index contributed by atoms with van der Waals surface area (Å²) in [4.78, 5) is 0. The largest absolute Gasteiger partial charge is 0.492 e. The summed E-state index contributed by atoms with van der Waals surface area (Å²) in [6.45, 7) is 4.43. The Bertz CT molecular complexity index is 284. The molecule has 66 valence electrons. The van der Waals surface area contributed by atoms with Crippen LogP contribution >= 0.6 is 0 Å². The molecule has 0 fully saturated rings. The predicted octanol–water partition coefficient (Wildman–Crippen LogP) is 1.56. The maximum Gasteiger partial charge on any atom is 0.144 e. The molecule has 1 aromatic carbocycles. The molecule has 0 amide bonds.